The summed E-state index contributed by atoms with van der Waals surface area (Å²) >= 11 is 1.53. The molecule has 2 rings (SSSR count). The van der Waals surface area contributed by atoms with E-state index < -0.39 is 10.8 Å². The van der Waals surface area contributed by atoms with Gasteiger partial charge in [0.15, 0.2) is 0 Å². The molecule has 1 aliphatic heterocycles. The van der Waals surface area contributed by atoms with Gasteiger partial charge in [0, 0.05) is 32.6 Å². The molecule has 0 radical (unpaired) electrons. The number of benzene rings is 1. The zero-order valence-corrected chi connectivity index (χ0v) is 16.3. The Hall–Kier alpha value is -1.53. The van der Waals surface area contributed by atoms with E-state index in [0.29, 0.717) is 25.4 Å². The van der Waals surface area contributed by atoms with Gasteiger partial charge in [-0.1, -0.05) is 29.8 Å². The summed E-state index contributed by atoms with van der Waals surface area (Å²) < 4.78 is 4.64. The van der Waals surface area contributed by atoms with Gasteiger partial charge in [-0.2, -0.15) is 0 Å². The van der Waals surface area contributed by atoms with Crippen LogP contribution in [0.15, 0.2) is 24.3 Å². The molecule has 25 heavy (non-hydrogen) atoms. The first kappa shape index (κ1) is 19.8. The van der Waals surface area contributed by atoms with E-state index in [9.17, 15) is 9.59 Å². The topological polar surface area (TPSA) is 58.6 Å². The lowest BCUT2D eigenvalue weighted by Gasteiger charge is -2.35. The van der Waals surface area contributed by atoms with Crippen LogP contribution in [-0.4, -0.2) is 53.5 Å². The highest BCUT2D eigenvalue weighted by Crippen LogP contribution is 2.29. The van der Waals surface area contributed by atoms with Crippen LogP contribution in [-0.2, 0) is 20.9 Å². The van der Waals surface area contributed by atoms with Crippen molar-refractivity contribution < 1.29 is 14.3 Å². The maximum atomic E-state index is 13.0. The number of nitrogens with zero attached hydrogens (tertiary/aromatic N) is 1. The van der Waals surface area contributed by atoms with Crippen molar-refractivity contribution in [1.82, 2.24) is 10.2 Å². The fourth-order valence-electron chi connectivity index (χ4n) is 2.67. The SMILES string of the molecule is COCCCN(Cc1ccc(C)cc1)C(=O)[C@@H]1CSC(C)(C)C(=O)N1. The molecule has 1 heterocycles. The summed E-state index contributed by atoms with van der Waals surface area (Å²) in [5.41, 5.74) is 2.28. The van der Waals surface area contributed by atoms with Crippen LogP contribution in [0.4, 0.5) is 0 Å². The molecule has 0 unspecified atom stereocenters. The average molecular weight is 365 g/mol. The van der Waals surface area contributed by atoms with Crippen LogP contribution in [0.1, 0.15) is 31.4 Å². The van der Waals surface area contributed by atoms with Crippen molar-refractivity contribution in [2.75, 3.05) is 26.0 Å². The van der Waals surface area contributed by atoms with E-state index in [0.717, 1.165) is 12.0 Å². The Morgan fingerprint density at radius 1 is 1.36 bits per heavy atom. The van der Waals surface area contributed by atoms with Crippen molar-refractivity contribution in [3.63, 3.8) is 0 Å². The first-order chi connectivity index (χ1) is 11.8. The van der Waals surface area contributed by atoms with Gasteiger partial charge in [-0.15, -0.1) is 11.8 Å². The lowest BCUT2D eigenvalue weighted by Crippen LogP contribution is -2.57. The van der Waals surface area contributed by atoms with Gasteiger partial charge < -0.3 is 15.0 Å². The fraction of sp³-hybridized carbons (Fsp3) is 0.579. The van der Waals surface area contributed by atoms with E-state index in [1.165, 1.54) is 17.3 Å². The molecule has 138 valence electrons. The van der Waals surface area contributed by atoms with Crippen LogP contribution in [0, 0.1) is 6.92 Å². The molecule has 0 aromatic heterocycles. The molecule has 0 spiro atoms. The third-order valence-electron chi connectivity index (χ3n) is 4.34. The number of hydrogen-bond acceptors (Lipinski definition) is 4. The van der Waals surface area contributed by atoms with Crippen molar-refractivity contribution >= 4 is 23.6 Å². The molecule has 1 N–H and O–H groups in total. The van der Waals surface area contributed by atoms with E-state index in [2.05, 4.69) is 5.32 Å². The number of carbonyl (C=O) groups is 2. The Labute approximate surface area is 154 Å². The maximum absolute atomic E-state index is 13.0. The van der Waals surface area contributed by atoms with E-state index in [4.69, 9.17) is 4.74 Å². The Balaban J connectivity index is 2.07. The molecular formula is C19H28N2O3S. The van der Waals surface area contributed by atoms with Crippen LogP contribution in [0.2, 0.25) is 0 Å². The Bertz CT molecular complexity index is 601. The van der Waals surface area contributed by atoms with E-state index in [-0.39, 0.29) is 11.8 Å². The zero-order chi connectivity index (χ0) is 18.4. The van der Waals surface area contributed by atoms with Crippen molar-refractivity contribution in [3.8, 4) is 0 Å². The highest BCUT2D eigenvalue weighted by molar-refractivity contribution is 8.01. The van der Waals surface area contributed by atoms with Crippen molar-refractivity contribution in [1.29, 1.82) is 0 Å². The quantitative estimate of drug-likeness (QED) is 0.755. The number of aryl methyl sites for hydroxylation is 1. The van der Waals surface area contributed by atoms with Crippen molar-refractivity contribution in [2.45, 2.75) is 44.5 Å². The van der Waals surface area contributed by atoms with Gasteiger partial charge in [-0.3, -0.25) is 9.59 Å². The van der Waals surface area contributed by atoms with E-state index >= 15 is 0 Å². The predicted octanol–water partition coefficient (Wildman–Crippen LogP) is 2.37. The second kappa shape index (κ2) is 8.72. The summed E-state index contributed by atoms with van der Waals surface area (Å²) in [6.07, 6.45) is 0.771. The third kappa shape index (κ3) is 5.47. The first-order valence-corrected chi connectivity index (χ1v) is 9.60. The molecule has 0 bridgehead atoms. The molecule has 1 aromatic rings. The number of methoxy groups -OCH3 is 1. The van der Waals surface area contributed by atoms with Crippen LogP contribution >= 0.6 is 11.8 Å². The molecule has 0 aliphatic carbocycles. The Kier molecular flexibility index (Phi) is 6.90. The average Bonchev–Trinajstić information content (AvgIpc) is 2.58. The minimum Gasteiger partial charge on any atom is -0.385 e. The Morgan fingerprint density at radius 3 is 2.64 bits per heavy atom. The van der Waals surface area contributed by atoms with Gasteiger partial charge in [-0.05, 0) is 32.8 Å². The minimum atomic E-state index is -0.478. The summed E-state index contributed by atoms with van der Waals surface area (Å²) in [6.45, 7) is 7.58. The molecular weight excluding hydrogens is 336 g/mol. The van der Waals surface area contributed by atoms with Gasteiger partial charge in [0.2, 0.25) is 11.8 Å². The second-order valence-corrected chi connectivity index (χ2v) is 8.58. The molecule has 0 saturated carbocycles. The molecule has 1 saturated heterocycles. The van der Waals surface area contributed by atoms with Gasteiger partial charge in [-0.25, -0.2) is 0 Å². The Morgan fingerprint density at radius 2 is 2.04 bits per heavy atom. The number of amides is 2. The zero-order valence-electron chi connectivity index (χ0n) is 15.5. The normalized spacial score (nSPS) is 19.4. The lowest BCUT2D eigenvalue weighted by atomic mass is 10.1. The van der Waals surface area contributed by atoms with Gasteiger partial charge in [0.1, 0.15) is 6.04 Å². The number of carbonyl (C=O) groups excluding carboxylic acids is 2. The first-order valence-electron chi connectivity index (χ1n) is 8.61. The highest BCUT2D eigenvalue weighted by atomic mass is 32.2. The summed E-state index contributed by atoms with van der Waals surface area (Å²) in [4.78, 5) is 27.0. The standard InChI is InChI=1S/C19H28N2O3S/c1-14-6-8-15(9-7-14)12-21(10-5-11-24-4)17(22)16-13-25-19(2,3)18(23)20-16/h6-9,16H,5,10-13H2,1-4H3,(H,20,23)/t16-/m0/s1. The van der Waals surface area contributed by atoms with Gasteiger partial charge >= 0.3 is 0 Å². The van der Waals surface area contributed by atoms with Crippen LogP contribution in [0.5, 0.6) is 0 Å². The highest BCUT2D eigenvalue weighted by Gasteiger charge is 2.39. The molecule has 6 heteroatoms. The molecule has 1 aromatic carbocycles. The molecule has 1 atom stereocenters. The van der Waals surface area contributed by atoms with Crippen LogP contribution < -0.4 is 5.32 Å². The number of hydrogen-bond donors (Lipinski definition) is 1. The maximum Gasteiger partial charge on any atom is 0.246 e. The smallest absolute Gasteiger partial charge is 0.246 e. The largest absolute Gasteiger partial charge is 0.385 e. The molecule has 1 aliphatic rings. The summed E-state index contributed by atoms with van der Waals surface area (Å²) in [5, 5.41) is 2.89. The number of ether oxygens (including phenoxy) is 1. The van der Waals surface area contributed by atoms with Crippen molar-refractivity contribution in [3.05, 3.63) is 35.4 Å². The summed E-state index contributed by atoms with van der Waals surface area (Å²) in [5.74, 6) is 0.508. The van der Waals surface area contributed by atoms with Crippen LogP contribution in [0.25, 0.3) is 0 Å². The van der Waals surface area contributed by atoms with E-state index in [1.54, 1.807) is 7.11 Å². The summed E-state index contributed by atoms with van der Waals surface area (Å²) in [7, 11) is 1.66. The predicted molar refractivity (Wildman–Crippen MR) is 102 cm³/mol. The van der Waals surface area contributed by atoms with E-state index in [1.807, 2.05) is 49.9 Å². The second-order valence-electron chi connectivity index (χ2n) is 6.94. The molecule has 5 nitrogen and oxygen atoms in total. The third-order valence-corrected chi connectivity index (χ3v) is 5.75. The number of thioether (sulfide) groups is 1. The molecule has 2 amide bonds. The van der Waals surface area contributed by atoms with Gasteiger partial charge in [0.05, 0.1) is 4.75 Å². The monoisotopic (exact) mass is 364 g/mol. The number of rotatable bonds is 7. The summed E-state index contributed by atoms with van der Waals surface area (Å²) in [6, 6.07) is 7.73. The van der Waals surface area contributed by atoms with Crippen molar-refractivity contribution in [2.24, 2.45) is 0 Å². The van der Waals surface area contributed by atoms with Gasteiger partial charge in [0.25, 0.3) is 0 Å². The number of nitrogens with one attached hydrogen (secondary N) is 1. The fourth-order valence-corrected chi connectivity index (χ4v) is 3.66. The molecule has 1 fully saturated rings. The minimum absolute atomic E-state index is 0.0203. The lowest BCUT2D eigenvalue weighted by molar-refractivity contribution is -0.137. The van der Waals surface area contributed by atoms with Crippen LogP contribution in [0.3, 0.4) is 0 Å².